The Morgan fingerprint density at radius 3 is 1.62 bits per heavy atom. The number of hydrogen-bond acceptors (Lipinski definition) is 5. The second-order valence-electron chi connectivity index (χ2n) is 7.32. The second kappa shape index (κ2) is 11.8. The topological polar surface area (TPSA) is 91.4 Å². The van der Waals surface area contributed by atoms with Crippen LogP contribution in [0.4, 0.5) is 10.5 Å². The third-order valence-corrected chi connectivity index (χ3v) is 8.63. The highest BCUT2D eigenvalue weighted by atomic mass is 127. The van der Waals surface area contributed by atoms with E-state index in [2.05, 4.69) is 73.1 Å². The lowest BCUT2D eigenvalue weighted by atomic mass is 10.1. The van der Waals surface area contributed by atoms with Gasteiger partial charge in [0.05, 0.1) is 50.4 Å². The van der Waals surface area contributed by atoms with Crippen molar-refractivity contribution in [3.05, 3.63) is 21.8 Å². The van der Waals surface area contributed by atoms with E-state index in [1.165, 1.54) is 4.90 Å². The molecule has 3 rings (SSSR count). The maximum absolute atomic E-state index is 13.5. The fourth-order valence-electron chi connectivity index (χ4n) is 3.34. The summed E-state index contributed by atoms with van der Waals surface area (Å²) in [7, 11) is 1.70. The van der Waals surface area contributed by atoms with Crippen molar-refractivity contribution in [2.45, 2.75) is 6.92 Å². The molecule has 1 N–H and O–H groups in total. The van der Waals surface area contributed by atoms with Gasteiger partial charge in [-0.1, -0.05) is 0 Å². The van der Waals surface area contributed by atoms with Crippen LogP contribution in [0.15, 0.2) is 0 Å². The first-order valence-corrected chi connectivity index (χ1v) is 13.5. The van der Waals surface area contributed by atoms with Crippen LogP contribution >= 0.6 is 67.8 Å². The normalized spacial score (nSPS) is 16.7. The van der Waals surface area contributed by atoms with Crippen LogP contribution in [-0.2, 0) is 9.47 Å². The van der Waals surface area contributed by atoms with Crippen LogP contribution in [0.1, 0.15) is 27.6 Å². The number of halogens is 3. The summed E-state index contributed by atoms with van der Waals surface area (Å²) in [6, 6.07) is -0.293. The van der Waals surface area contributed by atoms with Gasteiger partial charge in [-0.15, -0.1) is 0 Å². The third-order valence-electron chi connectivity index (χ3n) is 5.39. The van der Waals surface area contributed by atoms with Crippen molar-refractivity contribution in [1.29, 1.82) is 0 Å². The Hall–Kier alpha value is -0.460. The molecule has 4 amide bonds. The maximum Gasteiger partial charge on any atom is 0.321 e. The summed E-state index contributed by atoms with van der Waals surface area (Å²) in [6.45, 7) is 6.29. The average Bonchev–Trinajstić information content (AvgIpc) is 2.82. The van der Waals surface area contributed by atoms with Gasteiger partial charge in [-0.2, -0.15) is 0 Å². The molecule has 12 heteroatoms. The minimum Gasteiger partial charge on any atom is -0.378 e. The van der Waals surface area contributed by atoms with Gasteiger partial charge < -0.3 is 29.5 Å². The lowest BCUT2D eigenvalue weighted by molar-refractivity contribution is 0.0296. The highest BCUT2D eigenvalue weighted by Crippen LogP contribution is 2.37. The Kier molecular flexibility index (Phi) is 9.64. The van der Waals surface area contributed by atoms with Gasteiger partial charge in [0.25, 0.3) is 11.8 Å². The Balaban J connectivity index is 2.12. The number of nitrogens with zero attached hydrogens (tertiary/aromatic N) is 3. The van der Waals surface area contributed by atoms with Gasteiger partial charge in [0.15, 0.2) is 0 Å². The van der Waals surface area contributed by atoms with Crippen LogP contribution in [0.2, 0.25) is 0 Å². The summed E-state index contributed by atoms with van der Waals surface area (Å²) in [6.07, 6.45) is 0. The third kappa shape index (κ3) is 5.60. The number of urea groups is 1. The molecule has 2 aliphatic heterocycles. The quantitative estimate of drug-likeness (QED) is 0.475. The average molecular weight is 782 g/mol. The van der Waals surface area contributed by atoms with Crippen molar-refractivity contribution in [3.8, 4) is 0 Å². The first kappa shape index (κ1) is 26.2. The van der Waals surface area contributed by atoms with E-state index in [4.69, 9.17) is 9.47 Å². The van der Waals surface area contributed by atoms with E-state index in [-0.39, 0.29) is 17.8 Å². The van der Waals surface area contributed by atoms with Crippen molar-refractivity contribution >= 4 is 91.3 Å². The smallest absolute Gasteiger partial charge is 0.321 e. The highest BCUT2D eigenvalue weighted by molar-refractivity contribution is 14.1. The first-order chi connectivity index (χ1) is 15.3. The molecule has 0 aliphatic carbocycles. The minimum absolute atomic E-state index is 0.158. The van der Waals surface area contributed by atoms with Gasteiger partial charge in [0, 0.05) is 43.3 Å². The second-order valence-corrected chi connectivity index (χ2v) is 10.6. The Bertz CT molecular complexity index is 845. The molecule has 9 nitrogen and oxygen atoms in total. The van der Waals surface area contributed by atoms with Crippen LogP contribution in [0.3, 0.4) is 0 Å². The molecule has 1 aromatic rings. The van der Waals surface area contributed by atoms with Crippen LogP contribution in [0, 0.1) is 10.7 Å². The summed E-state index contributed by atoms with van der Waals surface area (Å²) >= 11 is 6.30. The van der Waals surface area contributed by atoms with Crippen molar-refractivity contribution in [1.82, 2.24) is 14.7 Å². The molecule has 2 aliphatic rings. The summed E-state index contributed by atoms with van der Waals surface area (Å²) in [4.78, 5) is 44.7. The number of nitrogens with one attached hydrogen (secondary N) is 1. The number of rotatable bonds is 4. The number of benzene rings is 1. The molecule has 2 fully saturated rings. The lowest BCUT2D eigenvalue weighted by Crippen LogP contribution is -2.43. The molecular weight excluding hydrogens is 757 g/mol. The molecule has 0 bridgehead atoms. The fourth-order valence-corrected chi connectivity index (χ4v) is 7.70. The Morgan fingerprint density at radius 2 is 1.25 bits per heavy atom. The van der Waals surface area contributed by atoms with Crippen LogP contribution in [0.5, 0.6) is 0 Å². The van der Waals surface area contributed by atoms with Crippen LogP contribution < -0.4 is 5.32 Å². The molecule has 0 saturated carbocycles. The molecule has 2 saturated heterocycles. The summed E-state index contributed by atoms with van der Waals surface area (Å²) in [5, 5.41) is 2.93. The molecule has 0 aromatic heterocycles. The van der Waals surface area contributed by atoms with Crippen LogP contribution in [0.25, 0.3) is 0 Å². The number of carbonyl (C=O) groups excluding carboxylic acids is 3. The monoisotopic (exact) mass is 782 g/mol. The van der Waals surface area contributed by atoms with Gasteiger partial charge in [-0.05, 0) is 74.7 Å². The number of carbonyl (C=O) groups is 3. The maximum atomic E-state index is 13.5. The summed E-state index contributed by atoms with van der Waals surface area (Å²) < 4.78 is 12.6. The standard InChI is InChI=1S/C20H25I3N4O5/c1-3-25(2)20(30)24-17-15(22)12(18(28)26-4-8-31-9-5-26)14(21)13(16(17)23)19(29)27-6-10-32-11-7-27/h3-11H2,1-2H3,(H,24,30). The predicted molar refractivity (Wildman–Crippen MR) is 145 cm³/mol. The van der Waals surface area contributed by atoms with Crippen molar-refractivity contribution in [3.63, 3.8) is 0 Å². The number of amides is 4. The van der Waals surface area contributed by atoms with Gasteiger partial charge in [-0.3, -0.25) is 9.59 Å². The zero-order chi connectivity index (χ0) is 23.4. The number of anilines is 1. The Labute approximate surface area is 228 Å². The van der Waals surface area contributed by atoms with E-state index in [0.717, 1.165) is 0 Å². The van der Waals surface area contributed by atoms with Crippen LogP contribution in [-0.4, -0.2) is 98.7 Å². The number of ether oxygens (including phenoxy) is 2. The molecule has 1 aromatic carbocycles. The summed E-state index contributed by atoms with van der Waals surface area (Å²) in [5.41, 5.74) is 1.38. The molecule has 176 valence electrons. The summed E-state index contributed by atoms with van der Waals surface area (Å²) in [5.74, 6) is -0.317. The molecular formula is C20H25I3N4O5. The van der Waals surface area contributed by atoms with Gasteiger partial charge in [0.1, 0.15) is 0 Å². The zero-order valence-corrected chi connectivity index (χ0v) is 24.4. The van der Waals surface area contributed by atoms with Crippen molar-refractivity contribution < 1.29 is 23.9 Å². The number of hydrogen-bond donors (Lipinski definition) is 1. The van der Waals surface area contributed by atoms with E-state index in [0.29, 0.717) is 86.7 Å². The van der Waals surface area contributed by atoms with E-state index in [1.54, 1.807) is 16.8 Å². The van der Waals surface area contributed by atoms with E-state index in [9.17, 15) is 14.4 Å². The van der Waals surface area contributed by atoms with E-state index in [1.807, 2.05) is 6.92 Å². The van der Waals surface area contributed by atoms with E-state index < -0.39 is 0 Å². The minimum atomic E-state index is -0.293. The molecule has 0 atom stereocenters. The first-order valence-electron chi connectivity index (χ1n) is 10.2. The lowest BCUT2D eigenvalue weighted by Gasteiger charge is -2.31. The predicted octanol–water partition coefficient (Wildman–Crippen LogP) is 2.93. The zero-order valence-electron chi connectivity index (χ0n) is 17.9. The molecule has 0 unspecified atom stereocenters. The largest absolute Gasteiger partial charge is 0.378 e. The molecule has 32 heavy (non-hydrogen) atoms. The van der Waals surface area contributed by atoms with Crippen molar-refractivity contribution in [2.24, 2.45) is 0 Å². The fraction of sp³-hybridized carbons (Fsp3) is 0.550. The Morgan fingerprint density at radius 1 is 0.844 bits per heavy atom. The van der Waals surface area contributed by atoms with Gasteiger partial charge in [-0.25, -0.2) is 4.79 Å². The SMILES string of the molecule is CCN(C)C(=O)Nc1c(I)c(C(=O)N2CCOCC2)c(I)c(C(=O)N2CCOCC2)c1I. The number of morpholine rings is 2. The van der Waals surface area contributed by atoms with Gasteiger partial charge >= 0.3 is 6.03 Å². The molecule has 0 radical (unpaired) electrons. The molecule has 0 spiro atoms. The van der Waals surface area contributed by atoms with E-state index >= 15 is 0 Å². The molecule has 2 heterocycles. The van der Waals surface area contributed by atoms with Crippen molar-refractivity contribution in [2.75, 3.05) is 71.5 Å². The highest BCUT2D eigenvalue weighted by Gasteiger charge is 2.33. The van der Waals surface area contributed by atoms with Gasteiger partial charge in [0.2, 0.25) is 0 Å².